The van der Waals surface area contributed by atoms with Gasteiger partial charge in [0.05, 0.1) is 0 Å². The highest BCUT2D eigenvalue weighted by molar-refractivity contribution is 7.17. The molecule has 0 saturated heterocycles. The van der Waals surface area contributed by atoms with E-state index in [1.807, 2.05) is 28.3 Å². The predicted octanol–water partition coefficient (Wildman–Crippen LogP) is 3.58. The first-order chi connectivity index (χ1) is 7.34. The van der Waals surface area contributed by atoms with Gasteiger partial charge in [-0.1, -0.05) is 0 Å². The molecule has 3 rings (SSSR count). The van der Waals surface area contributed by atoms with Crippen LogP contribution >= 0.6 is 22.7 Å². The molecule has 0 unspecified atom stereocenters. The number of thiophene rings is 2. The van der Waals surface area contributed by atoms with Gasteiger partial charge in [0.15, 0.2) is 0 Å². The molecule has 0 aromatic carbocycles. The SMILES string of the molecule is O=c1cc(-c2ccsc2)oc2ccsc12. The van der Waals surface area contributed by atoms with Crippen LogP contribution < -0.4 is 5.43 Å². The van der Waals surface area contributed by atoms with Crippen molar-refractivity contribution >= 4 is 33.0 Å². The Labute approximate surface area is 93.4 Å². The molecule has 0 radical (unpaired) electrons. The van der Waals surface area contributed by atoms with Gasteiger partial charge in [0.2, 0.25) is 5.43 Å². The summed E-state index contributed by atoms with van der Waals surface area (Å²) in [6.45, 7) is 0. The van der Waals surface area contributed by atoms with Gasteiger partial charge in [-0.25, -0.2) is 0 Å². The summed E-state index contributed by atoms with van der Waals surface area (Å²) in [4.78, 5) is 11.7. The molecule has 3 aromatic heterocycles. The molecule has 0 aliphatic rings. The Morgan fingerprint density at radius 3 is 2.93 bits per heavy atom. The van der Waals surface area contributed by atoms with Crippen LogP contribution in [0, 0.1) is 0 Å². The number of fused-ring (bicyclic) bond motifs is 1. The lowest BCUT2D eigenvalue weighted by molar-refractivity contribution is 0.620. The fourth-order valence-corrected chi connectivity index (χ4v) is 2.81. The summed E-state index contributed by atoms with van der Waals surface area (Å²) in [6.07, 6.45) is 0. The minimum Gasteiger partial charge on any atom is -0.455 e. The van der Waals surface area contributed by atoms with Gasteiger partial charge in [0, 0.05) is 17.0 Å². The number of hydrogen-bond donors (Lipinski definition) is 0. The lowest BCUT2D eigenvalue weighted by Gasteiger charge is -1.96. The number of rotatable bonds is 1. The van der Waals surface area contributed by atoms with Gasteiger partial charge in [0.25, 0.3) is 0 Å². The van der Waals surface area contributed by atoms with Gasteiger partial charge < -0.3 is 4.42 Å². The Morgan fingerprint density at radius 2 is 2.13 bits per heavy atom. The van der Waals surface area contributed by atoms with Gasteiger partial charge in [0.1, 0.15) is 16.0 Å². The topological polar surface area (TPSA) is 30.2 Å². The van der Waals surface area contributed by atoms with Crippen LogP contribution in [0.5, 0.6) is 0 Å². The quantitative estimate of drug-likeness (QED) is 0.644. The molecule has 0 saturated carbocycles. The third kappa shape index (κ3) is 1.42. The molecule has 3 heterocycles. The molecule has 4 heteroatoms. The predicted molar refractivity (Wildman–Crippen MR) is 63.7 cm³/mol. The van der Waals surface area contributed by atoms with E-state index in [1.165, 1.54) is 11.3 Å². The van der Waals surface area contributed by atoms with Gasteiger partial charge in [-0.05, 0) is 22.9 Å². The van der Waals surface area contributed by atoms with Crippen molar-refractivity contribution in [3.05, 3.63) is 44.6 Å². The van der Waals surface area contributed by atoms with Crippen molar-refractivity contribution in [1.29, 1.82) is 0 Å². The monoisotopic (exact) mass is 234 g/mol. The molecular formula is C11H6O2S2. The Balaban J connectivity index is 2.34. The van der Waals surface area contributed by atoms with Gasteiger partial charge >= 0.3 is 0 Å². The minimum atomic E-state index is 0.0347. The van der Waals surface area contributed by atoms with Crippen molar-refractivity contribution in [1.82, 2.24) is 0 Å². The maximum atomic E-state index is 11.7. The van der Waals surface area contributed by atoms with Crippen LogP contribution in [0.4, 0.5) is 0 Å². The lowest BCUT2D eigenvalue weighted by Crippen LogP contribution is -1.96. The lowest BCUT2D eigenvalue weighted by atomic mass is 10.2. The van der Waals surface area contributed by atoms with Crippen LogP contribution in [0.3, 0.4) is 0 Å². The van der Waals surface area contributed by atoms with Crippen molar-refractivity contribution < 1.29 is 4.42 Å². The molecule has 0 aliphatic carbocycles. The fraction of sp³-hybridized carbons (Fsp3) is 0. The van der Waals surface area contributed by atoms with E-state index >= 15 is 0 Å². The molecular weight excluding hydrogens is 228 g/mol. The van der Waals surface area contributed by atoms with E-state index in [0.29, 0.717) is 16.0 Å². The summed E-state index contributed by atoms with van der Waals surface area (Å²) >= 11 is 3.00. The average Bonchev–Trinajstić information content (AvgIpc) is 2.88. The Hall–Kier alpha value is -1.39. The van der Waals surface area contributed by atoms with Gasteiger partial charge in [-0.15, -0.1) is 11.3 Å². The zero-order chi connectivity index (χ0) is 10.3. The third-order valence-electron chi connectivity index (χ3n) is 2.14. The van der Waals surface area contributed by atoms with E-state index in [0.717, 1.165) is 5.56 Å². The van der Waals surface area contributed by atoms with Crippen molar-refractivity contribution in [2.45, 2.75) is 0 Å². The molecule has 0 bridgehead atoms. The number of hydrogen-bond acceptors (Lipinski definition) is 4. The van der Waals surface area contributed by atoms with Crippen LogP contribution in [-0.2, 0) is 0 Å². The summed E-state index contributed by atoms with van der Waals surface area (Å²) in [5, 5.41) is 5.80. The van der Waals surface area contributed by atoms with E-state index in [1.54, 1.807) is 17.4 Å². The standard InChI is InChI=1S/C11H6O2S2/c12-8-5-10(7-1-3-14-6-7)13-9-2-4-15-11(8)9/h1-6H. The first-order valence-corrected chi connectivity index (χ1v) is 6.21. The van der Waals surface area contributed by atoms with Crippen molar-refractivity contribution in [2.75, 3.05) is 0 Å². The summed E-state index contributed by atoms with van der Waals surface area (Å²) in [5.74, 6) is 0.646. The van der Waals surface area contributed by atoms with Crippen LogP contribution in [0.2, 0.25) is 0 Å². The van der Waals surface area contributed by atoms with E-state index in [4.69, 9.17) is 4.42 Å². The minimum absolute atomic E-state index is 0.0347. The Bertz CT molecular complexity index is 647. The smallest absolute Gasteiger partial charge is 0.203 e. The zero-order valence-corrected chi connectivity index (χ0v) is 9.23. The summed E-state index contributed by atoms with van der Waals surface area (Å²) in [6, 6.07) is 5.33. The first kappa shape index (κ1) is 8.88. The van der Waals surface area contributed by atoms with Crippen LogP contribution in [0.1, 0.15) is 0 Å². The summed E-state index contributed by atoms with van der Waals surface area (Å²) in [5.41, 5.74) is 1.67. The maximum absolute atomic E-state index is 11.7. The highest BCUT2D eigenvalue weighted by Gasteiger charge is 2.07. The average molecular weight is 234 g/mol. The zero-order valence-electron chi connectivity index (χ0n) is 7.60. The van der Waals surface area contributed by atoms with Crippen LogP contribution in [-0.4, -0.2) is 0 Å². The van der Waals surface area contributed by atoms with E-state index in [2.05, 4.69) is 0 Å². The first-order valence-electron chi connectivity index (χ1n) is 4.38. The van der Waals surface area contributed by atoms with E-state index < -0.39 is 0 Å². The second-order valence-corrected chi connectivity index (χ2v) is 4.80. The van der Waals surface area contributed by atoms with E-state index in [-0.39, 0.29) is 5.43 Å². The molecule has 0 amide bonds. The Morgan fingerprint density at radius 1 is 1.20 bits per heavy atom. The Kier molecular flexibility index (Phi) is 1.97. The van der Waals surface area contributed by atoms with Crippen molar-refractivity contribution in [3.8, 4) is 11.3 Å². The molecule has 2 nitrogen and oxygen atoms in total. The normalized spacial score (nSPS) is 10.9. The summed E-state index contributed by atoms with van der Waals surface area (Å²) < 4.78 is 6.33. The fourth-order valence-electron chi connectivity index (χ4n) is 1.44. The second-order valence-electron chi connectivity index (χ2n) is 3.10. The third-order valence-corrected chi connectivity index (χ3v) is 3.73. The summed E-state index contributed by atoms with van der Waals surface area (Å²) in [7, 11) is 0. The molecule has 0 atom stereocenters. The molecule has 0 spiro atoms. The maximum Gasteiger partial charge on any atom is 0.203 e. The molecule has 3 aromatic rings. The van der Waals surface area contributed by atoms with Gasteiger partial charge in [-0.2, -0.15) is 11.3 Å². The largest absolute Gasteiger partial charge is 0.455 e. The van der Waals surface area contributed by atoms with Gasteiger partial charge in [-0.3, -0.25) is 4.79 Å². The van der Waals surface area contributed by atoms with Crippen molar-refractivity contribution in [3.63, 3.8) is 0 Å². The molecule has 0 aliphatic heterocycles. The molecule has 74 valence electrons. The van der Waals surface area contributed by atoms with Crippen LogP contribution in [0.15, 0.2) is 43.6 Å². The molecule has 0 fully saturated rings. The highest BCUT2D eigenvalue weighted by Crippen LogP contribution is 2.25. The van der Waals surface area contributed by atoms with Crippen molar-refractivity contribution in [2.24, 2.45) is 0 Å². The molecule has 0 N–H and O–H groups in total. The molecule has 15 heavy (non-hydrogen) atoms. The second kappa shape index (κ2) is 3.32. The highest BCUT2D eigenvalue weighted by atomic mass is 32.1. The van der Waals surface area contributed by atoms with E-state index in [9.17, 15) is 4.79 Å². The van der Waals surface area contributed by atoms with Crippen LogP contribution in [0.25, 0.3) is 21.6 Å².